The quantitative estimate of drug-likeness (QED) is 0.789. The van der Waals surface area contributed by atoms with Crippen LogP contribution in [0.4, 0.5) is 5.69 Å². The molecule has 1 aromatic heterocycles. The summed E-state index contributed by atoms with van der Waals surface area (Å²) >= 11 is 4.89. The zero-order valence-corrected chi connectivity index (χ0v) is 11.1. The van der Waals surface area contributed by atoms with Gasteiger partial charge in [-0.2, -0.15) is 0 Å². The van der Waals surface area contributed by atoms with Gasteiger partial charge in [0.1, 0.15) is 4.99 Å². The summed E-state index contributed by atoms with van der Waals surface area (Å²) in [5.41, 5.74) is 7.36. The van der Waals surface area contributed by atoms with E-state index in [-0.39, 0.29) is 0 Å². The monoisotopic (exact) mass is 250 g/mol. The summed E-state index contributed by atoms with van der Waals surface area (Å²) in [7, 11) is 2.16. The smallest absolute Gasteiger partial charge is 0.122 e. The third kappa shape index (κ3) is 2.73. The fourth-order valence-electron chi connectivity index (χ4n) is 2.00. The molecule has 1 unspecified atom stereocenters. The van der Waals surface area contributed by atoms with Gasteiger partial charge in [-0.25, -0.2) is 0 Å². The highest BCUT2D eigenvalue weighted by Gasteiger charge is 2.20. The Hall–Kier alpha value is -1.20. The van der Waals surface area contributed by atoms with Gasteiger partial charge in [0.25, 0.3) is 0 Å². The van der Waals surface area contributed by atoms with Gasteiger partial charge >= 0.3 is 0 Å². The summed E-state index contributed by atoms with van der Waals surface area (Å²) < 4.78 is 0. The third-order valence-electron chi connectivity index (χ3n) is 3.33. The molecule has 0 radical (unpaired) electrons. The standard InChI is InChI=1S/C12H18N4S/c1-9-8-16(6-5-15(9)2)10-3-4-11(12(13)17)14-7-10/h3-4,7,9H,5-6,8H2,1-2H3,(H2,13,17). The van der Waals surface area contributed by atoms with Crippen molar-refractivity contribution in [2.45, 2.75) is 13.0 Å². The zero-order valence-electron chi connectivity index (χ0n) is 10.3. The first-order valence-corrected chi connectivity index (χ1v) is 6.20. The van der Waals surface area contributed by atoms with Gasteiger partial charge in [0, 0.05) is 25.7 Å². The molecule has 0 amide bonds. The number of piperazine rings is 1. The van der Waals surface area contributed by atoms with Gasteiger partial charge in [-0.05, 0) is 26.1 Å². The highest BCUT2D eigenvalue weighted by Crippen LogP contribution is 2.17. The topological polar surface area (TPSA) is 45.4 Å². The summed E-state index contributed by atoms with van der Waals surface area (Å²) in [5.74, 6) is 0. The summed E-state index contributed by atoms with van der Waals surface area (Å²) in [5, 5.41) is 0. The minimum Gasteiger partial charge on any atom is -0.388 e. The van der Waals surface area contributed by atoms with Crippen molar-refractivity contribution in [3.8, 4) is 0 Å². The van der Waals surface area contributed by atoms with Crippen molar-refractivity contribution in [1.29, 1.82) is 0 Å². The molecule has 4 nitrogen and oxygen atoms in total. The predicted molar refractivity (Wildman–Crippen MR) is 74.4 cm³/mol. The minimum absolute atomic E-state index is 0.350. The maximum atomic E-state index is 5.53. The van der Waals surface area contributed by atoms with E-state index in [2.05, 4.69) is 28.8 Å². The van der Waals surface area contributed by atoms with Gasteiger partial charge < -0.3 is 15.5 Å². The number of pyridine rings is 1. The van der Waals surface area contributed by atoms with E-state index in [4.69, 9.17) is 18.0 Å². The molecule has 2 rings (SSSR count). The summed E-state index contributed by atoms with van der Waals surface area (Å²) in [6, 6.07) is 4.50. The maximum absolute atomic E-state index is 5.53. The molecular weight excluding hydrogens is 232 g/mol. The molecule has 1 aliphatic heterocycles. The molecule has 17 heavy (non-hydrogen) atoms. The molecule has 92 valence electrons. The van der Waals surface area contributed by atoms with Crippen LogP contribution >= 0.6 is 12.2 Å². The van der Waals surface area contributed by atoms with Crippen LogP contribution in [0.2, 0.25) is 0 Å². The summed E-state index contributed by atoms with van der Waals surface area (Å²) in [6.45, 7) is 5.39. The van der Waals surface area contributed by atoms with Crippen molar-refractivity contribution < 1.29 is 0 Å². The Balaban J connectivity index is 2.10. The van der Waals surface area contributed by atoms with E-state index in [0.717, 1.165) is 25.3 Å². The first-order valence-electron chi connectivity index (χ1n) is 5.79. The van der Waals surface area contributed by atoms with Gasteiger partial charge in [0.05, 0.1) is 17.6 Å². The second kappa shape index (κ2) is 4.98. The predicted octanol–water partition coefficient (Wildman–Crippen LogP) is 0.856. The molecule has 1 saturated heterocycles. The summed E-state index contributed by atoms with van der Waals surface area (Å²) in [4.78, 5) is 9.34. The molecule has 2 heterocycles. The molecule has 0 aromatic carbocycles. The average molecular weight is 250 g/mol. The van der Waals surface area contributed by atoms with Gasteiger partial charge in [0.2, 0.25) is 0 Å². The number of likely N-dealkylation sites (N-methyl/N-ethyl adjacent to an activating group) is 1. The van der Waals surface area contributed by atoms with Gasteiger partial charge in [-0.3, -0.25) is 4.98 Å². The lowest BCUT2D eigenvalue weighted by molar-refractivity contribution is 0.234. The highest BCUT2D eigenvalue weighted by atomic mass is 32.1. The highest BCUT2D eigenvalue weighted by molar-refractivity contribution is 7.80. The van der Waals surface area contributed by atoms with Crippen LogP contribution in [-0.2, 0) is 0 Å². The van der Waals surface area contributed by atoms with Crippen LogP contribution in [0.1, 0.15) is 12.6 Å². The van der Waals surface area contributed by atoms with Crippen LogP contribution < -0.4 is 10.6 Å². The van der Waals surface area contributed by atoms with Crippen molar-refractivity contribution in [3.05, 3.63) is 24.0 Å². The van der Waals surface area contributed by atoms with Gasteiger partial charge in [-0.15, -0.1) is 0 Å². The molecular formula is C12H18N4S. The van der Waals surface area contributed by atoms with Crippen LogP contribution in [0.25, 0.3) is 0 Å². The molecule has 1 aromatic rings. The molecule has 0 bridgehead atoms. The Morgan fingerprint density at radius 2 is 2.24 bits per heavy atom. The molecule has 1 fully saturated rings. The Labute approximate surface area is 107 Å². The number of aromatic nitrogens is 1. The lowest BCUT2D eigenvalue weighted by Crippen LogP contribution is -2.50. The van der Waals surface area contributed by atoms with Gasteiger partial charge in [-0.1, -0.05) is 12.2 Å². The lowest BCUT2D eigenvalue weighted by atomic mass is 10.2. The van der Waals surface area contributed by atoms with E-state index in [1.807, 2.05) is 18.3 Å². The number of nitrogens with zero attached hydrogens (tertiary/aromatic N) is 3. The van der Waals surface area contributed by atoms with E-state index in [1.54, 1.807) is 0 Å². The zero-order chi connectivity index (χ0) is 12.4. The Morgan fingerprint density at radius 3 is 2.76 bits per heavy atom. The third-order valence-corrected chi connectivity index (χ3v) is 3.53. The number of thiocarbonyl (C=S) groups is 1. The van der Waals surface area contributed by atoms with Crippen LogP contribution in [-0.4, -0.2) is 47.6 Å². The maximum Gasteiger partial charge on any atom is 0.122 e. The fraction of sp³-hybridized carbons (Fsp3) is 0.500. The SMILES string of the molecule is CC1CN(c2ccc(C(N)=S)nc2)CCN1C. The molecule has 0 saturated carbocycles. The Kier molecular flexibility index (Phi) is 3.59. The molecule has 1 aliphatic rings. The van der Waals surface area contributed by atoms with Crippen LogP contribution in [0.15, 0.2) is 18.3 Å². The van der Waals surface area contributed by atoms with E-state index in [1.165, 1.54) is 0 Å². The molecule has 1 atom stereocenters. The number of nitrogens with two attached hydrogens (primary N) is 1. The summed E-state index contributed by atoms with van der Waals surface area (Å²) in [6.07, 6.45) is 1.85. The minimum atomic E-state index is 0.350. The van der Waals surface area contributed by atoms with Crippen LogP contribution in [0, 0.1) is 0 Å². The van der Waals surface area contributed by atoms with Crippen molar-refractivity contribution in [3.63, 3.8) is 0 Å². The second-order valence-electron chi connectivity index (χ2n) is 4.54. The average Bonchev–Trinajstić information content (AvgIpc) is 2.33. The largest absolute Gasteiger partial charge is 0.388 e. The van der Waals surface area contributed by atoms with E-state index in [9.17, 15) is 0 Å². The van der Waals surface area contributed by atoms with E-state index < -0.39 is 0 Å². The molecule has 0 spiro atoms. The lowest BCUT2D eigenvalue weighted by Gasteiger charge is -2.38. The van der Waals surface area contributed by atoms with Gasteiger partial charge in [0.15, 0.2) is 0 Å². The first kappa shape index (κ1) is 12.3. The van der Waals surface area contributed by atoms with Crippen molar-refractivity contribution >= 4 is 22.9 Å². The molecule has 0 aliphatic carbocycles. The number of anilines is 1. The van der Waals surface area contributed by atoms with Crippen LogP contribution in [0.5, 0.6) is 0 Å². The Morgan fingerprint density at radius 1 is 1.47 bits per heavy atom. The van der Waals surface area contributed by atoms with Crippen molar-refractivity contribution in [2.24, 2.45) is 5.73 Å². The second-order valence-corrected chi connectivity index (χ2v) is 4.98. The fourth-order valence-corrected chi connectivity index (χ4v) is 2.12. The number of hydrogen-bond donors (Lipinski definition) is 1. The number of hydrogen-bond acceptors (Lipinski definition) is 4. The van der Waals surface area contributed by atoms with Crippen LogP contribution in [0.3, 0.4) is 0 Å². The van der Waals surface area contributed by atoms with Crippen molar-refractivity contribution in [1.82, 2.24) is 9.88 Å². The Bertz CT molecular complexity index is 403. The molecule has 5 heteroatoms. The number of rotatable bonds is 2. The van der Waals surface area contributed by atoms with E-state index in [0.29, 0.717) is 16.7 Å². The van der Waals surface area contributed by atoms with Crippen molar-refractivity contribution in [2.75, 3.05) is 31.6 Å². The molecule has 2 N–H and O–H groups in total. The normalized spacial score (nSPS) is 21.5. The first-order chi connectivity index (χ1) is 8.08. The van der Waals surface area contributed by atoms with E-state index >= 15 is 0 Å².